The van der Waals surface area contributed by atoms with Gasteiger partial charge in [-0.1, -0.05) is 32.1 Å². The van der Waals surface area contributed by atoms with Crippen LogP contribution in [0.25, 0.3) is 11.0 Å². The molecule has 10 nitrogen and oxygen atoms in total. The zero-order valence-electron chi connectivity index (χ0n) is 20.6. The molecule has 1 aliphatic carbocycles. The normalized spacial score (nSPS) is 17.1. The fraction of sp³-hybridized carbons (Fsp3) is 0.560. The summed E-state index contributed by atoms with van der Waals surface area (Å²) in [6.07, 6.45) is 10.8. The summed E-state index contributed by atoms with van der Waals surface area (Å²) in [5.41, 5.74) is 7.46. The number of carbonyl (C=O) groups excluding carboxylic acids is 1. The molecule has 0 bridgehead atoms. The molecular formula is C25H35N7O3. The number of primary amides is 1. The molecule has 1 aliphatic heterocycles. The van der Waals surface area contributed by atoms with Crippen LogP contribution < -0.4 is 15.4 Å². The van der Waals surface area contributed by atoms with E-state index in [-0.39, 0.29) is 17.8 Å². The van der Waals surface area contributed by atoms with Crippen LogP contribution in [0.15, 0.2) is 24.4 Å². The fourth-order valence-corrected chi connectivity index (χ4v) is 4.66. The summed E-state index contributed by atoms with van der Waals surface area (Å²) in [4.78, 5) is 26.8. The first-order chi connectivity index (χ1) is 17.0. The second-order valence-electron chi connectivity index (χ2n) is 9.18. The van der Waals surface area contributed by atoms with E-state index in [1.807, 2.05) is 19.1 Å². The molecule has 3 aromatic rings. The SMILES string of the molecule is C1CCCC1.COCC(C)Oc1nc(C(N)=O)cc(N2CCC(c3[nH]nc4ncccc34)CC2)n1. The number of carbonyl (C=O) groups is 1. The number of hydrogen-bond acceptors (Lipinski definition) is 8. The van der Waals surface area contributed by atoms with Crippen LogP contribution in [0.3, 0.4) is 0 Å². The summed E-state index contributed by atoms with van der Waals surface area (Å²) in [7, 11) is 1.59. The second kappa shape index (κ2) is 11.9. The molecule has 2 fully saturated rings. The molecule has 1 saturated heterocycles. The number of hydrogen-bond donors (Lipinski definition) is 2. The van der Waals surface area contributed by atoms with Gasteiger partial charge in [-0.25, -0.2) is 4.98 Å². The molecule has 3 aromatic heterocycles. The van der Waals surface area contributed by atoms with Crippen LogP contribution in [-0.4, -0.2) is 64.0 Å². The van der Waals surface area contributed by atoms with E-state index in [9.17, 15) is 4.79 Å². The average Bonchev–Trinajstić information content (AvgIpc) is 3.58. The minimum absolute atomic E-state index is 0.124. The third kappa shape index (κ3) is 6.45. The lowest BCUT2D eigenvalue weighted by Crippen LogP contribution is -2.34. The molecule has 3 N–H and O–H groups in total. The van der Waals surface area contributed by atoms with Crippen LogP contribution >= 0.6 is 0 Å². The highest BCUT2D eigenvalue weighted by Crippen LogP contribution is 2.32. The number of piperidine rings is 1. The van der Waals surface area contributed by atoms with Crippen molar-refractivity contribution in [3.8, 4) is 6.01 Å². The van der Waals surface area contributed by atoms with Gasteiger partial charge in [0.1, 0.15) is 17.6 Å². The third-order valence-electron chi connectivity index (χ3n) is 6.49. The molecule has 35 heavy (non-hydrogen) atoms. The van der Waals surface area contributed by atoms with Crippen LogP contribution in [0.1, 0.15) is 74.0 Å². The third-order valence-corrected chi connectivity index (χ3v) is 6.49. The van der Waals surface area contributed by atoms with Crippen LogP contribution in [0.2, 0.25) is 0 Å². The number of nitrogens with one attached hydrogen (secondary N) is 1. The summed E-state index contributed by atoms with van der Waals surface area (Å²) in [6, 6.07) is 5.71. The maximum atomic E-state index is 11.7. The Hall–Kier alpha value is -3.27. The monoisotopic (exact) mass is 481 g/mol. The van der Waals surface area contributed by atoms with Gasteiger partial charge in [-0.05, 0) is 31.9 Å². The molecule has 10 heteroatoms. The lowest BCUT2D eigenvalue weighted by molar-refractivity contribution is 0.0847. The van der Waals surface area contributed by atoms with E-state index >= 15 is 0 Å². The van der Waals surface area contributed by atoms with Crippen molar-refractivity contribution in [2.75, 3.05) is 31.7 Å². The number of nitrogens with zero attached hydrogens (tertiary/aromatic N) is 5. The highest BCUT2D eigenvalue weighted by molar-refractivity contribution is 5.91. The summed E-state index contributed by atoms with van der Waals surface area (Å²) in [6.45, 7) is 3.78. The van der Waals surface area contributed by atoms with Crippen molar-refractivity contribution >= 4 is 22.8 Å². The molecule has 4 heterocycles. The number of nitrogens with two attached hydrogens (primary N) is 1. The van der Waals surface area contributed by atoms with E-state index in [0.29, 0.717) is 18.3 Å². The Morgan fingerprint density at radius 2 is 1.91 bits per heavy atom. The van der Waals surface area contributed by atoms with E-state index in [0.717, 1.165) is 42.7 Å². The first kappa shape index (κ1) is 24.8. The van der Waals surface area contributed by atoms with Crippen LogP contribution in [-0.2, 0) is 4.74 Å². The van der Waals surface area contributed by atoms with Gasteiger partial charge in [-0.3, -0.25) is 9.89 Å². The van der Waals surface area contributed by atoms with Gasteiger partial charge < -0.3 is 20.1 Å². The predicted octanol–water partition coefficient (Wildman–Crippen LogP) is 3.60. The predicted molar refractivity (Wildman–Crippen MR) is 134 cm³/mol. The molecule has 1 amide bonds. The van der Waals surface area contributed by atoms with Gasteiger partial charge in [0.15, 0.2) is 5.65 Å². The van der Waals surface area contributed by atoms with Gasteiger partial charge in [0, 0.05) is 49.5 Å². The summed E-state index contributed by atoms with van der Waals surface area (Å²) in [5, 5.41) is 8.53. The molecule has 1 atom stereocenters. The number of pyridine rings is 1. The van der Waals surface area contributed by atoms with Crippen LogP contribution in [0, 0.1) is 0 Å². The maximum absolute atomic E-state index is 11.7. The molecule has 1 unspecified atom stereocenters. The van der Waals surface area contributed by atoms with Crippen molar-refractivity contribution in [3.05, 3.63) is 35.8 Å². The highest BCUT2D eigenvalue weighted by Gasteiger charge is 2.26. The Kier molecular flexibility index (Phi) is 8.46. The molecule has 0 aromatic carbocycles. The summed E-state index contributed by atoms with van der Waals surface area (Å²) in [5.74, 6) is 0.368. The topological polar surface area (TPSA) is 132 Å². The zero-order chi connectivity index (χ0) is 24.6. The first-order valence-corrected chi connectivity index (χ1v) is 12.4. The smallest absolute Gasteiger partial charge is 0.319 e. The average molecular weight is 482 g/mol. The number of ether oxygens (including phenoxy) is 2. The van der Waals surface area contributed by atoms with E-state index in [1.54, 1.807) is 19.4 Å². The Morgan fingerprint density at radius 3 is 2.57 bits per heavy atom. The van der Waals surface area contributed by atoms with Crippen molar-refractivity contribution in [2.45, 2.75) is 63.9 Å². The lowest BCUT2D eigenvalue weighted by Gasteiger charge is -2.32. The van der Waals surface area contributed by atoms with Crippen molar-refractivity contribution in [2.24, 2.45) is 5.73 Å². The summed E-state index contributed by atoms with van der Waals surface area (Å²) >= 11 is 0. The van der Waals surface area contributed by atoms with Gasteiger partial charge in [-0.15, -0.1) is 0 Å². The molecule has 2 aliphatic rings. The molecule has 0 spiro atoms. The van der Waals surface area contributed by atoms with Crippen molar-refractivity contribution in [1.29, 1.82) is 0 Å². The molecule has 5 rings (SSSR count). The zero-order valence-corrected chi connectivity index (χ0v) is 20.6. The van der Waals surface area contributed by atoms with Crippen LogP contribution in [0.4, 0.5) is 5.82 Å². The number of rotatable bonds is 7. The first-order valence-electron chi connectivity index (χ1n) is 12.4. The number of fused-ring (bicyclic) bond motifs is 1. The standard InChI is InChI=1S/C20H25N7O3.C5H10/c1-12(11-29-2)30-20-23-15(18(21)28)10-16(24-20)27-8-5-13(6-9-27)17-14-4-3-7-22-19(14)26-25-17;1-2-4-5-3-1/h3-4,7,10,12-13H,5-6,8-9,11H2,1-2H3,(H2,21,28)(H,22,25,26);1-5H2. The van der Waals surface area contributed by atoms with Crippen molar-refractivity contribution in [1.82, 2.24) is 25.1 Å². The Morgan fingerprint density at radius 1 is 1.20 bits per heavy atom. The number of methoxy groups -OCH3 is 1. The Bertz CT molecular complexity index is 1100. The Balaban J connectivity index is 0.000000514. The number of aromatic amines is 1. The van der Waals surface area contributed by atoms with E-state index < -0.39 is 5.91 Å². The molecular weight excluding hydrogens is 446 g/mol. The minimum Gasteiger partial charge on any atom is -0.458 e. The minimum atomic E-state index is -0.616. The van der Waals surface area contributed by atoms with Gasteiger partial charge >= 0.3 is 6.01 Å². The van der Waals surface area contributed by atoms with E-state index in [2.05, 4.69) is 30.0 Å². The molecule has 188 valence electrons. The van der Waals surface area contributed by atoms with Gasteiger partial charge in [0.25, 0.3) is 5.91 Å². The molecule has 0 radical (unpaired) electrons. The number of amides is 1. The van der Waals surface area contributed by atoms with Gasteiger partial charge in [-0.2, -0.15) is 15.1 Å². The largest absolute Gasteiger partial charge is 0.458 e. The fourth-order valence-electron chi connectivity index (χ4n) is 4.66. The van der Waals surface area contributed by atoms with Crippen molar-refractivity contribution in [3.63, 3.8) is 0 Å². The highest BCUT2D eigenvalue weighted by atomic mass is 16.5. The quantitative estimate of drug-likeness (QED) is 0.523. The lowest BCUT2D eigenvalue weighted by atomic mass is 9.92. The molecule has 1 saturated carbocycles. The van der Waals surface area contributed by atoms with E-state index in [4.69, 9.17) is 15.2 Å². The van der Waals surface area contributed by atoms with Gasteiger partial charge in [0.05, 0.1) is 6.61 Å². The van der Waals surface area contributed by atoms with Crippen LogP contribution in [0.5, 0.6) is 6.01 Å². The number of H-pyrrole nitrogens is 1. The van der Waals surface area contributed by atoms with Gasteiger partial charge in [0.2, 0.25) is 0 Å². The number of anilines is 1. The Labute approximate surface area is 205 Å². The van der Waals surface area contributed by atoms with Crippen molar-refractivity contribution < 1.29 is 14.3 Å². The second-order valence-corrected chi connectivity index (χ2v) is 9.18. The number of aromatic nitrogens is 5. The summed E-state index contributed by atoms with van der Waals surface area (Å²) < 4.78 is 10.8. The van der Waals surface area contributed by atoms with E-state index in [1.165, 1.54) is 32.1 Å². The maximum Gasteiger partial charge on any atom is 0.319 e.